The van der Waals surface area contributed by atoms with E-state index >= 15 is 0 Å². The maximum Gasteiger partial charge on any atom is 0.469 e. The predicted molar refractivity (Wildman–Crippen MR) is 77.4 cm³/mol. The van der Waals surface area contributed by atoms with Crippen LogP contribution in [0.4, 0.5) is 4.79 Å². The van der Waals surface area contributed by atoms with Crippen LogP contribution in [0.15, 0.2) is 15.0 Å². The first kappa shape index (κ1) is 17.8. The lowest BCUT2D eigenvalue weighted by Crippen LogP contribution is -2.50. The monoisotopic (exact) mass is 377 g/mol. The van der Waals surface area contributed by atoms with Gasteiger partial charge in [0, 0.05) is 0 Å². The molecule has 0 aromatic rings. The molecule has 6 N–H and O–H groups in total. The maximum atomic E-state index is 12.0. The first-order chi connectivity index (χ1) is 11.6. The lowest BCUT2D eigenvalue weighted by Gasteiger charge is -2.26. The molecule has 136 valence electrons. The summed E-state index contributed by atoms with van der Waals surface area (Å²) in [6.07, 6.45) is -6.23. The molecule has 25 heavy (non-hydrogen) atoms. The Kier molecular flexibility index (Phi) is 4.28. The van der Waals surface area contributed by atoms with Gasteiger partial charge in [0.25, 0.3) is 0 Å². The van der Waals surface area contributed by atoms with Crippen LogP contribution < -0.4 is 5.73 Å². The fourth-order valence-electron chi connectivity index (χ4n) is 2.43. The molecule has 3 aliphatic rings. The van der Waals surface area contributed by atoms with E-state index in [1.54, 1.807) is 0 Å². The fourth-order valence-corrected chi connectivity index (χ4v) is 2.77. The van der Waals surface area contributed by atoms with Gasteiger partial charge in [0.1, 0.15) is 18.3 Å². The number of amides is 3. The van der Waals surface area contributed by atoms with Crippen LogP contribution in [-0.4, -0.2) is 85.5 Å². The zero-order valence-corrected chi connectivity index (χ0v) is 13.1. The second-order valence-corrected chi connectivity index (χ2v) is 6.40. The van der Waals surface area contributed by atoms with Crippen LogP contribution in [0, 0.1) is 0 Å². The van der Waals surface area contributed by atoms with Gasteiger partial charge in [-0.15, -0.1) is 0 Å². The third-order valence-corrected chi connectivity index (χ3v) is 3.98. The topological polar surface area (TPSA) is 217 Å². The lowest BCUT2D eigenvalue weighted by atomic mass is 10.1. The van der Waals surface area contributed by atoms with E-state index in [1.165, 1.54) is 0 Å². The van der Waals surface area contributed by atoms with Gasteiger partial charge in [-0.25, -0.2) is 14.3 Å². The highest BCUT2D eigenvalue weighted by Gasteiger charge is 2.52. The molecule has 3 heterocycles. The number of carbonyl (C=O) groups is 2. The number of phosphoric acid groups is 1. The van der Waals surface area contributed by atoms with Crippen LogP contribution in [0.25, 0.3) is 0 Å². The van der Waals surface area contributed by atoms with E-state index < -0.39 is 62.6 Å². The number of urea groups is 1. The predicted octanol–water partition coefficient (Wildman–Crippen LogP) is -3.33. The highest BCUT2D eigenvalue weighted by atomic mass is 31.2. The third-order valence-electron chi connectivity index (χ3n) is 3.49. The quantitative estimate of drug-likeness (QED) is 0.307. The van der Waals surface area contributed by atoms with Crippen molar-refractivity contribution < 1.29 is 43.4 Å². The van der Waals surface area contributed by atoms with Gasteiger partial charge in [0.05, 0.1) is 6.61 Å². The molecule has 0 spiro atoms. The van der Waals surface area contributed by atoms with Crippen molar-refractivity contribution in [1.29, 1.82) is 0 Å². The lowest BCUT2D eigenvalue weighted by molar-refractivity contribution is -0.111. The first-order valence-corrected chi connectivity index (χ1v) is 8.22. The van der Waals surface area contributed by atoms with Gasteiger partial charge in [-0.1, -0.05) is 0 Å². The third kappa shape index (κ3) is 3.23. The molecular weight excluding hydrogens is 365 g/mol. The number of aliphatic hydroxyl groups excluding tert-OH is 2. The van der Waals surface area contributed by atoms with Crippen molar-refractivity contribution in [2.24, 2.45) is 20.7 Å². The number of fused-ring (bicyclic) bond motifs is 1. The normalized spacial score (nSPS) is 32.5. The van der Waals surface area contributed by atoms with E-state index in [9.17, 15) is 24.4 Å². The van der Waals surface area contributed by atoms with E-state index in [1.807, 2.05) is 0 Å². The van der Waals surface area contributed by atoms with Crippen molar-refractivity contribution in [2.45, 2.75) is 24.5 Å². The van der Waals surface area contributed by atoms with Crippen molar-refractivity contribution in [3.63, 3.8) is 0 Å². The van der Waals surface area contributed by atoms with Crippen molar-refractivity contribution >= 4 is 37.3 Å². The van der Waals surface area contributed by atoms with Gasteiger partial charge in [-0.05, 0) is 0 Å². The van der Waals surface area contributed by atoms with Crippen molar-refractivity contribution in [2.75, 3.05) is 6.61 Å². The van der Waals surface area contributed by atoms with Gasteiger partial charge < -0.3 is 30.5 Å². The summed E-state index contributed by atoms with van der Waals surface area (Å²) in [5, 5.41) is 20.0. The van der Waals surface area contributed by atoms with Crippen molar-refractivity contribution in [3.8, 4) is 0 Å². The first-order valence-electron chi connectivity index (χ1n) is 6.69. The number of rotatable bonds is 4. The summed E-state index contributed by atoms with van der Waals surface area (Å²) in [5.74, 6) is -1.66. The van der Waals surface area contributed by atoms with E-state index in [0.717, 1.165) is 0 Å². The van der Waals surface area contributed by atoms with E-state index in [4.69, 9.17) is 20.3 Å². The summed E-state index contributed by atoms with van der Waals surface area (Å²) >= 11 is 0. The number of carbonyl (C=O) groups excluding carboxylic acids is 2. The van der Waals surface area contributed by atoms with Crippen LogP contribution in [-0.2, 0) is 18.6 Å². The molecule has 3 aliphatic heterocycles. The van der Waals surface area contributed by atoms with E-state index in [-0.39, 0.29) is 5.84 Å². The molecule has 3 amide bonds. The van der Waals surface area contributed by atoms with Crippen molar-refractivity contribution in [3.05, 3.63) is 0 Å². The zero-order chi connectivity index (χ0) is 18.5. The number of phosphoric ester groups is 1. The number of ether oxygens (including phenoxy) is 1. The van der Waals surface area contributed by atoms with E-state index in [2.05, 4.69) is 19.5 Å². The molecule has 14 nitrogen and oxygen atoms in total. The SMILES string of the molecule is NC1=NC(=O)C2=NC(=O)N([C@@H]3O[C@H](COP(=O)(O)O)[C@@H](O)[C@H]3O)C2=N1. The number of amidine groups is 1. The molecule has 0 aliphatic carbocycles. The maximum absolute atomic E-state index is 12.0. The van der Waals surface area contributed by atoms with Crippen LogP contribution in [0.2, 0.25) is 0 Å². The Morgan fingerprint density at radius 1 is 1.20 bits per heavy atom. The number of hydrogen-bond acceptors (Lipinski definition) is 9. The van der Waals surface area contributed by atoms with E-state index in [0.29, 0.717) is 4.90 Å². The van der Waals surface area contributed by atoms with Gasteiger partial charge in [-0.2, -0.15) is 15.0 Å². The molecule has 1 fully saturated rings. The molecule has 0 unspecified atom stereocenters. The van der Waals surface area contributed by atoms with Gasteiger partial charge in [-0.3, -0.25) is 9.32 Å². The minimum atomic E-state index is -4.84. The molecule has 4 atom stereocenters. The summed E-state index contributed by atoms with van der Waals surface area (Å²) in [6.45, 7) is -0.760. The minimum Gasteiger partial charge on any atom is -0.387 e. The van der Waals surface area contributed by atoms with Crippen LogP contribution in [0.1, 0.15) is 0 Å². The summed E-state index contributed by atoms with van der Waals surface area (Å²) in [7, 11) is -4.84. The summed E-state index contributed by atoms with van der Waals surface area (Å²) in [5.41, 5.74) is 4.96. The van der Waals surface area contributed by atoms with Crippen LogP contribution in [0.5, 0.6) is 0 Å². The summed E-state index contributed by atoms with van der Waals surface area (Å²) in [6, 6.07) is -1.01. The molecule has 0 radical (unpaired) electrons. The largest absolute Gasteiger partial charge is 0.469 e. The Morgan fingerprint density at radius 2 is 1.88 bits per heavy atom. The molecule has 0 aromatic heterocycles. The highest BCUT2D eigenvalue weighted by molar-refractivity contribution is 7.46. The number of aliphatic imine (C=N–C) groups is 3. The molecule has 0 bridgehead atoms. The van der Waals surface area contributed by atoms with Crippen LogP contribution >= 0.6 is 7.82 Å². The highest BCUT2D eigenvalue weighted by Crippen LogP contribution is 2.37. The molecule has 15 heteroatoms. The summed E-state index contributed by atoms with van der Waals surface area (Å²) < 4.78 is 20.2. The fraction of sp³-hybridized carbons (Fsp3) is 0.500. The number of guanidine groups is 1. The standard InChI is InChI=1S/C10H12N5O9P/c11-9-13-6-3(7(18)14-9)12-10(19)15(6)8-5(17)4(16)2(24-8)1-23-25(20,21)22/h2,4-5,8,16-17H,1H2,(H2,11,14,18)(H2,20,21,22)/t2-,4-,5-,8-/m1/s1. The Morgan fingerprint density at radius 3 is 2.52 bits per heavy atom. The second kappa shape index (κ2) is 6.03. The Bertz CT molecular complexity index is 773. The number of nitrogens with zero attached hydrogens (tertiary/aromatic N) is 4. The molecule has 0 saturated carbocycles. The minimum absolute atomic E-state index is 0.310. The molecular formula is C10H12N5O9P. The number of aliphatic hydroxyl groups is 2. The second-order valence-electron chi connectivity index (χ2n) is 5.16. The average Bonchev–Trinajstić information content (AvgIpc) is 2.95. The average molecular weight is 377 g/mol. The Balaban J connectivity index is 1.82. The molecule has 0 aromatic carbocycles. The summed E-state index contributed by atoms with van der Waals surface area (Å²) in [4.78, 5) is 52.3. The Labute approximate surface area is 138 Å². The molecule has 3 rings (SSSR count). The van der Waals surface area contributed by atoms with Gasteiger partial charge in [0.15, 0.2) is 17.8 Å². The number of hydrogen-bond donors (Lipinski definition) is 5. The molecule has 1 saturated heterocycles. The van der Waals surface area contributed by atoms with Gasteiger partial charge in [0.2, 0.25) is 5.96 Å². The Hall–Kier alpha value is -2.06. The zero-order valence-electron chi connectivity index (χ0n) is 12.2. The number of nitrogens with two attached hydrogens (primary N) is 1. The van der Waals surface area contributed by atoms with Crippen molar-refractivity contribution in [1.82, 2.24) is 4.90 Å². The van der Waals surface area contributed by atoms with Gasteiger partial charge >= 0.3 is 19.8 Å². The van der Waals surface area contributed by atoms with Crippen LogP contribution in [0.3, 0.4) is 0 Å². The smallest absolute Gasteiger partial charge is 0.387 e.